The molecule has 0 radical (unpaired) electrons. The third kappa shape index (κ3) is 6.70. The first-order chi connectivity index (χ1) is 17.7. The van der Waals surface area contributed by atoms with E-state index >= 15 is 0 Å². The maximum absolute atomic E-state index is 13.2. The second-order valence-corrected chi connectivity index (χ2v) is 13.6. The van der Waals surface area contributed by atoms with E-state index in [0.717, 1.165) is 18.4 Å². The number of aryl methyl sites for hydroxylation is 1. The van der Waals surface area contributed by atoms with Crippen LogP contribution in [0.1, 0.15) is 37.7 Å². The molecule has 1 unspecified atom stereocenters. The molecule has 2 fully saturated rings. The van der Waals surface area contributed by atoms with E-state index in [2.05, 4.69) is 5.32 Å². The zero-order valence-electron chi connectivity index (χ0n) is 21.1. The molecule has 1 atom stereocenters. The highest BCUT2D eigenvalue weighted by Gasteiger charge is 2.33. The fourth-order valence-corrected chi connectivity index (χ4v) is 8.02. The highest BCUT2D eigenvalue weighted by Crippen LogP contribution is 2.31. The van der Waals surface area contributed by atoms with Crippen LogP contribution >= 0.6 is 0 Å². The number of nitrogens with one attached hydrogen (secondary N) is 1. The van der Waals surface area contributed by atoms with Crippen LogP contribution in [-0.2, 0) is 31.3 Å². The van der Waals surface area contributed by atoms with Crippen molar-refractivity contribution in [2.24, 2.45) is 5.92 Å². The van der Waals surface area contributed by atoms with Gasteiger partial charge in [-0.2, -0.15) is 4.31 Å². The summed E-state index contributed by atoms with van der Waals surface area (Å²) in [5, 5.41) is 2.80. The fourth-order valence-electron chi connectivity index (χ4n) is 4.90. The van der Waals surface area contributed by atoms with Gasteiger partial charge in [0.25, 0.3) is 0 Å². The predicted molar refractivity (Wildman–Crippen MR) is 142 cm³/mol. The molecule has 202 valence electrons. The van der Waals surface area contributed by atoms with Crippen LogP contribution in [0.25, 0.3) is 0 Å². The minimum Gasteiger partial charge on any atom is -0.495 e. The van der Waals surface area contributed by atoms with Gasteiger partial charge in [-0.3, -0.25) is 4.79 Å². The molecule has 2 aromatic carbocycles. The van der Waals surface area contributed by atoms with Crippen molar-refractivity contribution in [3.63, 3.8) is 0 Å². The minimum absolute atomic E-state index is 0.0282. The zero-order chi connectivity index (χ0) is 26.5. The Morgan fingerprint density at radius 2 is 1.68 bits per heavy atom. The molecule has 9 nitrogen and oxygen atoms in total. The van der Waals surface area contributed by atoms with Crippen molar-refractivity contribution in [3.05, 3.63) is 54.1 Å². The summed E-state index contributed by atoms with van der Waals surface area (Å²) < 4.78 is 60.2. The topological polar surface area (TPSA) is 113 Å². The molecule has 1 N–H and O–H groups in total. The number of amides is 1. The summed E-state index contributed by atoms with van der Waals surface area (Å²) in [6.45, 7) is 1.46. The number of sulfonamides is 2. The summed E-state index contributed by atoms with van der Waals surface area (Å²) in [6.07, 6.45) is 3.97. The van der Waals surface area contributed by atoms with Gasteiger partial charge in [-0.25, -0.2) is 21.1 Å². The Balaban J connectivity index is 1.41. The Labute approximate surface area is 219 Å². The van der Waals surface area contributed by atoms with Crippen molar-refractivity contribution >= 4 is 31.6 Å². The lowest BCUT2D eigenvalue weighted by molar-refractivity contribution is -0.120. The molecule has 37 heavy (non-hydrogen) atoms. The Bertz CT molecular complexity index is 1290. The summed E-state index contributed by atoms with van der Waals surface area (Å²) >= 11 is 0. The van der Waals surface area contributed by atoms with Gasteiger partial charge >= 0.3 is 0 Å². The van der Waals surface area contributed by atoms with E-state index < -0.39 is 26.0 Å². The maximum Gasteiger partial charge on any atom is 0.243 e. The average molecular weight is 550 g/mol. The van der Waals surface area contributed by atoms with E-state index in [1.165, 1.54) is 33.9 Å². The number of piperidine rings is 1. The van der Waals surface area contributed by atoms with E-state index in [1.807, 2.05) is 30.3 Å². The number of hydrogen-bond acceptors (Lipinski definition) is 6. The molecule has 2 aromatic rings. The standard InChI is InChI=1S/C26H35N3O6S2/c1-35-25-14-13-23(37(33,34)28-15-5-6-16-28)19-24(25)27-26(30)22-12-7-17-29(20-22)36(31,32)18-8-11-21-9-3-2-4-10-21/h2-4,9-10,13-14,19,22H,5-8,11-12,15-18,20H2,1H3,(H,27,30). The molecule has 1 amide bonds. The summed E-state index contributed by atoms with van der Waals surface area (Å²) in [4.78, 5) is 13.3. The number of carbonyl (C=O) groups is 1. The normalized spacial score (nSPS) is 19.5. The van der Waals surface area contributed by atoms with Gasteiger partial charge in [-0.15, -0.1) is 0 Å². The number of benzene rings is 2. The monoisotopic (exact) mass is 549 g/mol. The van der Waals surface area contributed by atoms with Crippen molar-refractivity contribution < 1.29 is 26.4 Å². The van der Waals surface area contributed by atoms with Gasteiger partial charge < -0.3 is 10.1 Å². The van der Waals surface area contributed by atoms with Crippen LogP contribution in [0.4, 0.5) is 5.69 Å². The molecule has 2 heterocycles. The van der Waals surface area contributed by atoms with Crippen LogP contribution in [0.3, 0.4) is 0 Å². The lowest BCUT2D eigenvalue weighted by atomic mass is 9.98. The first-order valence-electron chi connectivity index (χ1n) is 12.7. The summed E-state index contributed by atoms with van der Waals surface area (Å²) in [5.74, 6) is -0.519. The van der Waals surface area contributed by atoms with Crippen molar-refractivity contribution in [2.45, 2.75) is 43.4 Å². The number of rotatable bonds is 10. The van der Waals surface area contributed by atoms with E-state index in [1.54, 1.807) is 0 Å². The van der Waals surface area contributed by atoms with Gasteiger partial charge in [0.15, 0.2) is 0 Å². The Hall–Kier alpha value is -2.47. The number of methoxy groups -OCH3 is 1. The van der Waals surface area contributed by atoms with E-state index in [9.17, 15) is 21.6 Å². The van der Waals surface area contributed by atoms with Gasteiger partial charge in [-0.05, 0) is 62.3 Å². The summed E-state index contributed by atoms with van der Waals surface area (Å²) in [5.41, 5.74) is 1.35. The molecule has 2 aliphatic heterocycles. The number of anilines is 1. The quantitative estimate of drug-likeness (QED) is 0.487. The van der Waals surface area contributed by atoms with Crippen LogP contribution in [-0.4, -0.2) is 70.4 Å². The van der Waals surface area contributed by atoms with Gasteiger partial charge in [-0.1, -0.05) is 30.3 Å². The Morgan fingerprint density at radius 1 is 0.973 bits per heavy atom. The molecule has 0 bridgehead atoms. The summed E-state index contributed by atoms with van der Waals surface area (Å²) in [7, 11) is -5.71. The van der Waals surface area contributed by atoms with E-state index in [-0.39, 0.29) is 28.8 Å². The number of ether oxygens (including phenoxy) is 1. The minimum atomic E-state index is -3.67. The van der Waals surface area contributed by atoms with Crippen molar-refractivity contribution in [3.8, 4) is 5.75 Å². The molecule has 11 heteroatoms. The van der Waals surface area contributed by atoms with Crippen LogP contribution in [0.15, 0.2) is 53.4 Å². The van der Waals surface area contributed by atoms with Crippen LogP contribution in [0.2, 0.25) is 0 Å². The summed E-state index contributed by atoms with van der Waals surface area (Å²) in [6, 6.07) is 14.2. The van der Waals surface area contributed by atoms with Crippen molar-refractivity contribution in [1.82, 2.24) is 8.61 Å². The van der Waals surface area contributed by atoms with Crippen molar-refractivity contribution in [1.29, 1.82) is 0 Å². The number of hydrogen-bond donors (Lipinski definition) is 1. The lowest BCUT2D eigenvalue weighted by Gasteiger charge is -2.31. The molecular formula is C26H35N3O6S2. The molecule has 0 aliphatic carbocycles. The van der Waals surface area contributed by atoms with Crippen LogP contribution in [0, 0.1) is 5.92 Å². The molecule has 0 aromatic heterocycles. The Kier molecular flexibility index (Phi) is 8.89. The average Bonchev–Trinajstić information content (AvgIpc) is 3.45. The predicted octanol–water partition coefficient (Wildman–Crippen LogP) is 3.09. The Morgan fingerprint density at radius 3 is 2.38 bits per heavy atom. The largest absolute Gasteiger partial charge is 0.495 e. The third-order valence-electron chi connectivity index (χ3n) is 6.99. The second-order valence-electron chi connectivity index (χ2n) is 9.56. The lowest BCUT2D eigenvalue weighted by Crippen LogP contribution is -2.44. The first kappa shape index (κ1) is 27.6. The number of carbonyl (C=O) groups excluding carboxylic acids is 1. The van der Waals surface area contributed by atoms with E-state index in [0.29, 0.717) is 51.1 Å². The highest BCUT2D eigenvalue weighted by molar-refractivity contribution is 7.89. The SMILES string of the molecule is COc1ccc(S(=O)(=O)N2CCCC2)cc1NC(=O)C1CCCN(S(=O)(=O)CCCc2ccccc2)C1. The van der Waals surface area contributed by atoms with Crippen LogP contribution < -0.4 is 10.1 Å². The fraction of sp³-hybridized carbons (Fsp3) is 0.500. The molecule has 0 spiro atoms. The smallest absolute Gasteiger partial charge is 0.243 e. The van der Waals surface area contributed by atoms with Gasteiger partial charge in [0.2, 0.25) is 26.0 Å². The molecule has 2 aliphatic rings. The highest BCUT2D eigenvalue weighted by atomic mass is 32.2. The zero-order valence-corrected chi connectivity index (χ0v) is 22.8. The first-order valence-corrected chi connectivity index (χ1v) is 15.8. The van der Waals surface area contributed by atoms with Gasteiger partial charge in [0.1, 0.15) is 5.75 Å². The molecule has 0 saturated carbocycles. The van der Waals surface area contributed by atoms with Crippen LogP contribution in [0.5, 0.6) is 5.75 Å². The van der Waals surface area contributed by atoms with Crippen molar-refractivity contribution in [2.75, 3.05) is 44.4 Å². The molecule has 4 rings (SSSR count). The van der Waals surface area contributed by atoms with Gasteiger partial charge in [0, 0.05) is 26.2 Å². The number of nitrogens with zero attached hydrogens (tertiary/aromatic N) is 2. The third-order valence-corrected chi connectivity index (χ3v) is 10.8. The van der Waals surface area contributed by atoms with Gasteiger partial charge in [0.05, 0.1) is 29.4 Å². The second kappa shape index (κ2) is 11.9. The van der Waals surface area contributed by atoms with E-state index in [4.69, 9.17) is 4.74 Å². The molecular weight excluding hydrogens is 514 g/mol. The molecule has 2 saturated heterocycles. The maximum atomic E-state index is 13.2.